The molecular formula is C11H15N5O2S. The normalized spacial score (nSPS) is 11.6. The number of sulfonamides is 1. The molecule has 0 saturated heterocycles. The molecule has 19 heavy (non-hydrogen) atoms. The van der Waals surface area contributed by atoms with Gasteiger partial charge in [0.25, 0.3) is 0 Å². The highest BCUT2D eigenvalue weighted by Crippen LogP contribution is 2.14. The monoisotopic (exact) mass is 281 g/mol. The van der Waals surface area contributed by atoms with Crippen molar-refractivity contribution in [3.63, 3.8) is 0 Å². The van der Waals surface area contributed by atoms with Gasteiger partial charge in [0.2, 0.25) is 10.0 Å². The van der Waals surface area contributed by atoms with E-state index in [1.54, 1.807) is 24.3 Å². The number of nitrogens with zero attached hydrogens (tertiary/aromatic N) is 2. The number of aromatic amines is 1. The summed E-state index contributed by atoms with van der Waals surface area (Å²) in [5, 5.41) is 6.36. The van der Waals surface area contributed by atoms with Crippen molar-refractivity contribution < 1.29 is 8.42 Å². The van der Waals surface area contributed by atoms with Gasteiger partial charge in [-0.15, -0.1) is 0 Å². The second kappa shape index (κ2) is 5.91. The molecule has 0 fully saturated rings. The van der Waals surface area contributed by atoms with Gasteiger partial charge in [-0.3, -0.25) is 5.10 Å². The number of H-pyrrole nitrogens is 1. The first kappa shape index (κ1) is 13.7. The van der Waals surface area contributed by atoms with Crippen molar-refractivity contribution in [2.75, 3.05) is 6.54 Å². The van der Waals surface area contributed by atoms with Gasteiger partial charge in [0.1, 0.15) is 12.2 Å². The van der Waals surface area contributed by atoms with Crippen molar-refractivity contribution in [2.24, 2.45) is 5.73 Å². The molecular weight excluding hydrogens is 266 g/mol. The number of nitrogens with one attached hydrogen (secondary N) is 2. The summed E-state index contributed by atoms with van der Waals surface area (Å²) in [4.78, 5) is 4.14. The van der Waals surface area contributed by atoms with Crippen molar-refractivity contribution >= 4 is 10.0 Å². The zero-order chi connectivity index (χ0) is 13.7. The standard InChI is InChI=1S/C11H15N5O2S/c12-7-9-3-1-2-4-10(9)19(17,18)15-6-5-11-13-8-14-16-11/h1-4,8,15H,5-7,12H2,(H,13,14,16). The number of benzene rings is 1. The SMILES string of the molecule is NCc1ccccc1S(=O)(=O)NCCc1ncn[nH]1. The molecule has 1 heterocycles. The van der Waals surface area contributed by atoms with Crippen LogP contribution in [0.25, 0.3) is 0 Å². The van der Waals surface area contributed by atoms with Crippen LogP contribution in [0.4, 0.5) is 0 Å². The summed E-state index contributed by atoms with van der Waals surface area (Å²) >= 11 is 0. The Balaban J connectivity index is 2.05. The molecule has 2 aromatic rings. The summed E-state index contributed by atoms with van der Waals surface area (Å²) in [6, 6.07) is 6.67. The van der Waals surface area contributed by atoms with E-state index < -0.39 is 10.0 Å². The van der Waals surface area contributed by atoms with Crippen LogP contribution in [0.1, 0.15) is 11.4 Å². The van der Waals surface area contributed by atoms with Crippen molar-refractivity contribution in [3.8, 4) is 0 Å². The highest BCUT2D eigenvalue weighted by Gasteiger charge is 2.16. The summed E-state index contributed by atoms with van der Waals surface area (Å²) in [5.41, 5.74) is 6.13. The van der Waals surface area contributed by atoms with Gasteiger partial charge in [-0.2, -0.15) is 5.10 Å². The second-order valence-corrected chi connectivity index (χ2v) is 5.63. The topological polar surface area (TPSA) is 114 Å². The molecule has 1 aromatic heterocycles. The summed E-state index contributed by atoms with van der Waals surface area (Å²) < 4.78 is 26.8. The first-order valence-corrected chi connectivity index (χ1v) is 7.23. The van der Waals surface area contributed by atoms with Gasteiger partial charge in [-0.1, -0.05) is 18.2 Å². The molecule has 4 N–H and O–H groups in total. The number of rotatable bonds is 6. The van der Waals surface area contributed by atoms with Crippen LogP contribution in [0, 0.1) is 0 Å². The van der Waals surface area contributed by atoms with Crippen LogP contribution in [-0.4, -0.2) is 30.1 Å². The predicted molar refractivity (Wildman–Crippen MR) is 69.6 cm³/mol. The molecule has 0 radical (unpaired) electrons. The number of aromatic nitrogens is 3. The maximum Gasteiger partial charge on any atom is 0.240 e. The molecule has 2 rings (SSSR count). The molecule has 0 unspecified atom stereocenters. The largest absolute Gasteiger partial charge is 0.326 e. The molecule has 7 nitrogen and oxygen atoms in total. The highest BCUT2D eigenvalue weighted by atomic mass is 32.2. The van der Waals surface area contributed by atoms with Gasteiger partial charge < -0.3 is 5.73 Å². The van der Waals surface area contributed by atoms with Gasteiger partial charge in [-0.05, 0) is 11.6 Å². The fourth-order valence-electron chi connectivity index (χ4n) is 1.67. The average Bonchev–Trinajstić information content (AvgIpc) is 2.91. The van der Waals surface area contributed by atoms with Crippen LogP contribution in [0.15, 0.2) is 35.5 Å². The third kappa shape index (κ3) is 3.37. The minimum atomic E-state index is -3.55. The number of hydrogen-bond acceptors (Lipinski definition) is 5. The van der Waals surface area contributed by atoms with E-state index in [1.165, 1.54) is 6.33 Å². The number of nitrogens with two attached hydrogens (primary N) is 1. The van der Waals surface area contributed by atoms with Crippen LogP contribution in [0.3, 0.4) is 0 Å². The summed E-state index contributed by atoms with van der Waals surface area (Å²) in [6.07, 6.45) is 1.83. The van der Waals surface area contributed by atoms with Crippen molar-refractivity contribution in [1.29, 1.82) is 0 Å². The molecule has 0 aliphatic rings. The van der Waals surface area contributed by atoms with E-state index >= 15 is 0 Å². The smallest absolute Gasteiger partial charge is 0.240 e. The van der Waals surface area contributed by atoms with E-state index in [-0.39, 0.29) is 18.0 Å². The zero-order valence-electron chi connectivity index (χ0n) is 10.2. The molecule has 0 bridgehead atoms. The van der Waals surface area contributed by atoms with E-state index in [2.05, 4.69) is 19.9 Å². The third-order valence-corrected chi connectivity index (χ3v) is 4.16. The molecule has 0 saturated carbocycles. The fraction of sp³-hybridized carbons (Fsp3) is 0.273. The van der Waals surface area contributed by atoms with Crippen LogP contribution in [0.2, 0.25) is 0 Å². The molecule has 0 aliphatic heterocycles. The van der Waals surface area contributed by atoms with Crippen LogP contribution < -0.4 is 10.5 Å². The van der Waals surface area contributed by atoms with E-state index in [1.807, 2.05) is 0 Å². The average molecular weight is 281 g/mol. The van der Waals surface area contributed by atoms with Gasteiger partial charge in [-0.25, -0.2) is 18.1 Å². The minimum Gasteiger partial charge on any atom is -0.326 e. The molecule has 0 atom stereocenters. The third-order valence-electron chi connectivity index (χ3n) is 2.60. The Kier molecular flexibility index (Phi) is 4.25. The first-order chi connectivity index (χ1) is 9.13. The van der Waals surface area contributed by atoms with Gasteiger partial charge in [0.15, 0.2) is 0 Å². The number of hydrogen-bond donors (Lipinski definition) is 3. The Hall–Kier alpha value is -1.77. The lowest BCUT2D eigenvalue weighted by Gasteiger charge is -2.09. The van der Waals surface area contributed by atoms with Crippen LogP contribution in [0.5, 0.6) is 0 Å². The van der Waals surface area contributed by atoms with Gasteiger partial charge in [0.05, 0.1) is 4.90 Å². The summed E-state index contributed by atoms with van der Waals surface area (Å²) in [6.45, 7) is 0.426. The summed E-state index contributed by atoms with van der Waals surface area (Å²) in [7, 11) is -3.55. The lowest BCUT2D eigenvalue weighted by molar-refractivity contribution is 0.579. The maximum atomic E-state index is 12.1. The molecule has 8 heteroatoms. The molecule has 0 aliphatic carbocycles. The quantitative estimate of drug-likeness (QED) is 0.677. The molecule has 0 amide bonds. The minimum absolute atomic E-state index is 0.180. The Labute approximate surface area is 111 Å². The van der Waals surface area contributed by atoms with E-state index in [0.29, 0.717) is 17.8 Å². The Morgan fingerprint density at radius 1 is 1.32 bits per heavy atom. The van der Waals surface area contributed by atoms with Crippen molar-refractivity contribution in [2.45, 2.75) is 17.9 Å². The van der Waals surface area contributed by atoms with Crippen molar-refractivity contribution in [1.82, 2.24) is 19.9 Å². The van der Waals surface area contributed by atoms with Crippen LogP contribution in [-0.2, 0) is 23.0 Å². The lowest BCUT2D eigenvalue weighted by atomic mass is 10.2. The van der Waals surface area contributed by atoms with E-state index in [0.717, 1.165) is 0 Å². The van der Waals surface area contributed by atoms with Gasteiger partial charge >= 0.3 is 0 Å². The fourth-order valence-corrected chi connectivity index (χ4v) is 2.95. The predicted octanol–water partition coefficient (Wildman–Crippen LogP) is -0.216. The van der Waals surface area contributed by atoms with E-state index in [4.69, 9.17) is 5.73 Å². The molecule has 0 spiro atoms. The second-order valence-electron chi connectivity index (χ2n) is 3.89. The molecule has 102 valence electrons. The highest BCUT2D eigenvalue weighted by molar-refractivity contribution is 7.89. The first-order valence-electron chi connectivity index (χ1n) is 5.75. The Bertz CT molecular complexity index is 624. The summed E-state index contributed by atoms with van der Waals surface area (Å²) in [5.74, 6) is 0.634. The zero-order valence-corrected chi connectivity index (χ0v) is 11.0. The maximum absolute atomic E-state index is 12.1. The molecule has 1 aromatic carbocycles. The van der Waals surface area contributed by atoms with Crippen LogP contribution >= 0.6 is 0 Å². The van der Waals surface area contributed by atoms with Gasteiger partial charge in [0, 0.05) is 19.5 Å². The lowest BCUT2D eigenvalue weighted by Crippen LogP contribution is -2.27. The van der Waals surface area contributed by atoms with Crippen molar-refractivity contribution in [3.05, 3.63) is 42.0 Å². The Morgan fingerprint density at radius 2 is 2.11 bits per heavy atom. The Morgan fingerprint density at radius 3 is 2.79 bits per heavy atom. The van der Waals surface area contributed by atoms with E-state index in [9.17, 15) is 8.42 Å².